The third kappa shape index (κ3) is 6.61. The van der Waals surface area contributed by atoms with Crippen LogP contribution in [0.4, 0.5) is 4.79 Å². The van der Waals surface area contributed by atoms with E-state index >= 15 is 0 Å². The Morgan fingerprint density at radius 2 is 1.77 bits per heavy atom. The number of carbonyl (C=O) groups excluding carboxylic acids is 1. The fourth-order valence-electron chi connectivity index (χ4n) is 2.93. The molecule has 0 aliphatic carbocycles. The Labute approximate surface area is 194 Å². The van der Waals surface area contributed by atoms with Crippen molar-refractivity contribution in [2.24, 2.45) is 10.7 Å². The van der Waals surface area contributed by atoms with Crippen LogP contribution < -0.4 is 5.73 Å². The molecule has 1 aliphatic rings. The number of carbonyl (C=O) groups is 1. The van der Waals surface area contributed by atoms with Gasteiger partial charge in [0, 0.05) is 31.7 Å². The molecule has 1 saturated heterocycles. The van der Waals surface area contributed by atoms with Gasteiger partial charge < -0.3 is 24.7 Å². The number of guanidine groups is 1. The summed E-state index contributed by atoms with van der Waals surface area (Å²) in [5.74, 6) is 1.64. The Morgan fingerprint density at radius 3 is 2.37 bits per heavy atom. The van der Waals surface area contributed by atoms with Gasteiger partial charge in [0.15, 0.2) is 11.7 Å². The number of benzene rings is 1. The average Bonchev–Trinajstić information content (AvgIpc) is 3.14. The highest BCUT2D eigenvalue weighted by atomic mass is 127. The maximum absolute atomic E-state index is 12.1. The number of aromatic nitrogens is 1. The van der Waals surface area contributed by atoms with Gasteiger partial charge in [-0.1, -0.05) is 29.8 Å². The minimum absolute atomic E-state index is 0. The van der Waals surface area contributed by atoms with Crippen LogP contribution in [0.3, 0.4) is 0 Å². The molecule has 8 nitrogen and oxygen atoms in total. The molecule has 0 radical (unpaired) electrons. The zero-order valence-corrected chi connectivity index (χ0v) is 20.3. The molecule has 0 bridgehead atoms. The van der Waals surface area contributed by atoms with Gasteiger partial charge in [-0.15, -0.1) is 24.0 Å². The standard InChI is InChI=1S/C21H29N5O3.HI/c1-15-5-7-16(8-6-15)17-13-23-18(28-17)14-24-19(22)25-9-11-26(12-10-25)20(27)29-21(2,3)4;/h5-8,13H,9-12,14H2,1-4H3,(H2,22,24);1H. The van der Waals surface area contributed by atoms with Gasteiger partial charge in [-0.3, -0.25) is 0 Å². The van der Waals surface area contributed by atoms with Crippen LogP contribution in [0.25, 0.3) is 11.3 Å². The quantitative estimate of drug-likeness (QED) is 0.372. The molecule has 0 unspecified atom stereocenters. The summed E-state index contributed by atoms with van der Waals surface area (Å²) in [5.41, 5.74) is 7.80. The van der Waals surface area contributed by atoms with Crippen LogP contribution in [-0.2, 0) is 11.3 Å². The van der Waals surface area contributed by atoms with Crippen LogP contribution >= 0.6 is 24.0 Å². The van der Waals surface area contributed by atoms with Gasteiger partial charge in [0.05, 0.1) is 6.20 Å². The molecule has 0 atom stereocenters. The normalized spacial score (nSPS) is 15.0. The number of hydrogen-bond donors (Lipinski definition) is 1. The first kappa shape index (κ1) is 24.0. The molecule has 30 heavy (non-hydrogen) atoms. The Hall–Kier alpha value is -2.30. The van der Waals surface area contributed by atoms with Gasteiger partial charge in [-0.25, -0.2) is 14.8 Å². The van der Waals surface area contributed by atoms with Gasteiger partial charge in [0.25, 0.3) is 0 Å². The number of ether oxygens (including phenoxy) is 1. The molecule has 9 heteroatoms. The van der Waals surface area contributed by atoms with Gasteiger partial charge in [-0.2, -0.15) is 0 Å². The van der Waals surface area contributed by atoms with E-state index in [-0.39, 0.29) is 36.6 Å². The highest BCUT2D eigenvalue weighted by Gasteiger charge is 2.26. The Bertz CT molecular complexity index is 866. The number of amides is 1. The summed E-state index contributed by atoms with van der Waals surface area (Å²) >= 11 is 0. The van der Waals surface area contributed by atoms with Gasteiger partial charge in [0.1, 0.15) is 12.1 Å². The van der Waals surface area contributed by atoms with Crippen molar-refractivity contribution in [2.75, 3.05) is 26.2 Å². The van der Waals surface area contributed by atoms with Crippen molar-refractivity contribution < 1.29 is 13.9 Å². The van der Waals surface area contributed by atoms with Gasteiger partial charge >= 0.3 is 6.09 Å². The molecule has 2 N–H and O–H groups in total. The molecule has 2 aromatic rings. The second-order valence-electron chi connectivity index (χ2n) is 8.11. The predicted molar refractivity (Wildman–Crippen MR) is 127 cm³/mol. The first-order chi connectivity index (χ1) is 13.7. The van der Waals surface area contributed by atoms with Crippen LogP contribution in [0.5, 0.6) is 0 Å². The Kier molecular flexibility index (Phi) is 8.10. The molecule has 2 heterocycles. The SMILES string of the molecule is Cc1ccc(-c2cnc(CN=C(N)N3CCN(C(=O)OC(C)(C)C)CC3)o2)cc1.I. The summed E-state index contributed by atoms with van der Waals surface area (Å²) in [6.45, 7) is 10.2. The highest BCUT2D eigenvalue weighted by molar-refractivity contribution is 14.0. The predicted octanol–water partition coefficient (Wildman–Crippen LogP) is 3.64. The number of nitrogens with zero attached hydrogens (tertiary/aromatic N) is 4. The van der Waals surface area contributed by atoms with Crippen molar-refractivity contribution in [3.63, 3.8) is 0 Å². The monoisotopic (exact) mass is 527 g/mol. The molecule has 3 rings (SSSR count). The Morgan fingerprint density at radius 1 is 1.17 bits per heavy atom. The first-order valence-corrected chi connectivity index (χ1v) is 9.76. The summed E-state index contributed by atoms with van der Waals surface area (Å²) in [5, 5.41) is 0. The van der Waals surface area contributed by atoms with E-state index in [2.05, 4.69) is 9.98 Å². The lowest BCUT2D eigenvalue weighted by Crippen LogP contribution is -2.53. The van der Waals surface area contributed by atoms with Crippen LogP contribution in [0.2, 0.25) is 0 Å². The molecule has 0 saturated carbocycles. The van der Waals surface area contributed by atoms with Gasteiger partial charge in [0.2, 0.25) is 5.89 Å². The summed E-state index contributed by atoms with van der Waals surface area (Å²) in [6, 6.07) is 8.07. The summed E-state index contributed by atoms with van der Waals surface area (Å²) in [6.07, 6.45) is 1.40. The van der Waals surface area contributed by atoms with Gasteiger partial charge in [-0.05, 0) is 27.7 Å². The highest BCUT2D eigenvalue weighted by Crippen LogP contribution is 2.21. The number of aryl methyl sites for hydroxylation is 1. The molecule has 1 fully saturated rings. The molecular formula is C21H30IN5O3. The van der Waals surface area contributed by atoms with Crippen molar-refractivity contribution >= 4 is 36.0 Å². The summed E-state index contributed by atoms with van der Waals surface area (Å²) in [4.78, 5) is 24.5. The summed E-state index contributed by atoms with van der Waals surface area (Å²) in [7, 11) is 0. The topological polar surface area (TPSA) is 97.2 Å². The fourth-order valence-corrected chi connectivity index (χ4v) is 2.93. The van der Waals surface area contributed by atoms with E-state index in [1.807, 2.05) is 56.9 Å². The molecular weight excluding hydrogens is 497 g/mol. The van der Waals surface area contributed by atoms with Crippen LogP contribution in [-0.4, -0.2) is 58.6 Å². The zero-order valence-electron chi connectivity index (χ0n) is 17.9. The second kappa shape index (κ2) is 10.1. The summed E-state index contributed by atoms with van der Waals surface area (Å²) < 4.78 is 11.2. The van der Waals surface area contributed by atoms with Crippen LogP contribution in [0, 0.1) is 6.92 Å². The van der Waals surface area contributed by atoms with E-state index in [9.17, 15) is 4.79 Å². The van der Waals surface area contributed by atoms with Crippen molar-refractivity contribution in [1.29, 1.82) is 0 Å². The Balaban J connectivity index is 0.00000320. The maximum Gasteiger partial charge on any atom is 0.410 e. The minimum Gasteiger partial charge on any atom is -0.444 e. The van der Waals surface area contributed by atoms with Crippen molar-refractivity contribution in [1.82, 2.24) is 14.8 Å². The lowest BCUT2D eigenvalue weighted by Gasteiger charge is -2.36. The van der Waals surface area contributed by atoms with Crippen molar-refractivity contribution in [3.8, 4) is 11.3 Å². The third-order valence-electron chi connectivity index (χ3n) is 4.52. The smallest absolute Gasteiger partial charge is 0.410 e. The van der Waals surface area contributed by atoms with Crippen molar-refractivity contribution in [2.45, 2.75) is 39.8 Å². The lowest BCUT2D eigenvalue weighted by atomic mass is 10.1. The molecule has 1 aromatic heterocycles. The third-order valence-corrected chi connectivity index (χ3v) is 4.52. The number of oxazole rings is 1. The van der Waals surface area contributed by atoms with E-state index in [0.717, 1.165) is 5.56 Å². The fraction of sp³-hybridized carbons (Fsp3) is 0.476. The van der Waals surface area contributed by atoms with Crippen molar-refractivity contribution in [3.05, 3.63) is 41.9 Å². The number of halogens is 1. The van der Waals surface area contributed by atoms with E-state index < -0.39 is 5.60 Å². The number of rotatable bonds is 3. The maximum atomic E-state index is 12.1. The van der Waals surface area contributed by atoms with E-state index in [4.69, 9.17) is 14.9 Å². The average molecular weight is 527 g/mol. The van der Waals surface area contributed by atoms with E-state index in [1.165, 1.54) is 5.56 Å². The molecule has 1 amide bonds. The molecule has 0 spiro atoms. The molecule has 164 valence electrons. The number of aliphatic imine (C=N–C) groups is 1. The number of piperazine rings is 1. The van der Waals surface area contributed by atoms with Crippen LogP contribution in [0.1, 0.15) is 32.2 Å². The van der Waals surface area contributed by atoms with E-state index in [1.54, 1.807) is 11.1 Å². The second-order valence-corrected chi connectivity index (χ2v) is 8.11. The largest absolute Gasteiger partial charge is 0.444 e. The lowest BCUT2D eigenvalue weighted by molar-refractivity contribution is 0.0186. The van der Waals surface area contributed by atoms with Crippen LogP contribution in [0.15, 0.2) is 39.9 Å². The molecule has 1 aromatic carbocycles. The molecule has 1 aliphatic heterocycles. The zero-order chi connectivity index (χ0) is 21.0. The number of nitrogens with two attached hydrogens (primary N) is 1. The minimum atomic E-state index is -0.498. The first-order valence-electron chi connectivity index (χ1n) is 9.76. The van der Waals surface area contributed by atoms with E-state index in [0.29, 0.717) is 43.8 Å². The number of hydrogen-bond acceptors (Lipinski definition) is 5.